The van der Waals surface area contributed by atoms with Gasteiger partial charge in [-0.3, -0.25) is 5.73 Å². The predicted molar refractivity (Wildman–Crippen MR) is 65.1 cm³/mol. The monoisotopic (exact) mass is 251 g/mol. The van der Waals surface area contributed by atoms with Crippen molar-refractivity contribution < 1.29 is 14.9 Å². The molecule has 8 nitrogen and oxygen atoms in total. The van der Waals surface area contributed by atoms with Crippen molar-refractivity contribution in [2.24, 2.45) is 25.9 Å². The molecule has 0 aromatic carbocycles. The molecule has 0 spiro atoms. The molecule has 3 aliphatic heterocycles. The molecule has 4 atom stereocenters. The van der Waals surface area contributed by atoms with Crippen LogP contribution in [-0.4, -0.2) is 64.8 Å². The zero-order chi connectivity index (χ0) is 12.8. The molecular formula is C10H13N5O3. The van der Waals surface area contributed by atoms with Gasteiger partial charge in [0.25, 0.3) is 0 Å². The maximum absolute atomic E-state index is 9.75. The number of aliphatic imine (C=N–C) groups is 2. The number of hydrogen-bond acceptors (Lipinski definition) is 8. The van der Waals surface area contributed by atoms with Gasteiger partial charge in [0.1, 0.15) is 30.0 Å². The van der Waals surface area contributed by atoms with E-state index in [0.29, 0.717) is 11.4 Å². The number of rotatable bonds is 2. The van der Waals surface area contributed by atoms with Crippen molar-refractivity contribution in [1.29, 1.82) is 0 Å². The average molecular weight is 251 g/mol. The highest BCUT2D eigenvalue weighted by Crippen LogP contribution is 2.31. The van der Waals surface area contributed by atoms with Crippen molar-refractivity contribution in [2.45, 2.75) is 30.4 Å². The molecular weight excluding hydrogens is 238 g/mol. The molecule has 3 heterocycles. The highest BCUT2D eigenvalue weighted by molar-refractivity contribution is 6.67. The van der Waals surface area contributed by atoms with Gasteiger partial charge in [-0.1, -0.05) is 0 Å². The third-order valence-corrected chi connectivity index (χ3v) is 3.32. The van der Waals surface area contributed by atoms with Crippen molar-refractivity contribution in [2.75, 3.05) is 6.61 Å². The quantitative estimate of drug-likeness (QED) is 0.528. The van der Waals surface area contributed by atoms with Gasteiger partial charge in [0.05, 0.1) is 18.9 Å². The zero-order valence-corrected chi connectivity index (χ0v) is 9.47. The number of nitrogens with zero attached hydrogens (tertiary/aromatic N) is 4. The Morgan fingerprint density at radius 3 is 3.11 bits per heavy atom. The Morgan fingerprint density at radius 2 is 2.39 bits per heavy atom. The van der Waals surface area contributed by atoms with Crippen molar-refractivity contribution >= 4 is 24.0 Å². The molecule has 3 aliphatic rings. The molecule has 0 saturated carbocycles. The van der Waals surface area contributed by atoms with Crippen LogP contribution in [0.3, 0.4) is 0 Å². The first kappa shape index (κ1) is 11.6. The van der Waals surface area contributed by atoms with Crippen LogP contribution in [0.25, 0.3) is 0 Å². The molecule has 0 aromatic rings. The Balaban J connectivity index is 1.89. The Hall–Kier alpha value is -1.48. The molecule has 18 heavy (non-hydrogen) atoms. The summed E-state index contributed by atoms with van der Waals surface area (Å²) in [5.74, 6) is 0. The summed E-state index contributed by atoms with van der Waals surface area (Å²) >= 11 is 0. The summed E-state index contributed by atoms with van der Waals surface area (Å²) in [6.07, 6.45) is 1.15. The first-order valence-electron chi connectivity index (χ1n) is 5.62. The maximum atomic E-state index is 9.75. The fraction of sp³-hybridized carbons (Fsp3) is 0.600. The summed E-state index contributed by atoms with van der Waals surface area (Å²) in [6.45, 7) is -0.263. The average Bonchev–Trinajstić information content (AvgIpc) is 2.96. The number of ether oxygens (including phenoxy) is 1. The highest BCUT2D eigenvalue weighted by Gasteiger charge is 2.50. The van der Waals surface area contributed by atoms with E-state index in [-0.39, 0.29) is 13.0 Å². The van der Waals surface area contributed by atoms with Gasteiger partial charge in [-0.15, -0.1) is 5.10 Å². The Labute approximate surface area is 103 Å². The molecule has 0 bridgehead atoms. The van der Waals surface area contributed by atoms with E-state index in [0.717, 1.165) is 0 Å². The number of hydrogen-bond donors (Lipinski definition) is 3. The van der Waals surface area contributed by atoms with Gasteiger partial charge in [-0.05, 0) is 0 Å². The molecule has 1 unspecified atom stereocenters. The topological polar surface area (TPSA) is 125 Å². The van der Waals surface area contributed by atoms with Gasteiger partial charge >= 0.3 is 0 Å². The first-order valence-corrected chi connectivity index (χ1v) is 5.62. The fourth-order valence-electron chi connectivity index (χ4n) is 2.29. The van der Waals surface area contributed by atoms with Crippen LogP contribution in [0.4, 0.5) is 0 Å². The van der Waals surface area contributed by atoms with Crippen LogP contribution in [0.1, 0.15) is 6.42 Å². The molecule has 8 heteroatoms. The van der Waals surface area contributed by atoms with Crippen molar-refractivity contribution in [3.8, 4) is 0 Å². The lowest BCUT2D eigenvalue weighted by Crippen LogP contribution is -2.59. The SMILES string of the molecule is NC1([C@H]2C[C@H](O)[C@@H](CO)O2)N=CN=C2C=NN=C21. The minimum absolute atomic E-state index is 0.263. The summed E-state index contributed by atoms with van der Waals surface area (Å²) in [6, 6.07) is 0. The predicted octanol–water partition coefficient (Wildman–Crippen LogP) is -1.92. The number of nitrogens with two attached hydrogens (primary N) is 1. The lowest BCUT2D eigenvalue weighted by atomic mass is 9.92. The van der Waals surface area contributed by atoms with Crippen LogP contribution >= 0.6 is 0 Å². The Morgan fingerprint density at radius 1 is 1.56 bits per heavy atom. The van der Waals surface area contributed by atoms with Gasteiger partial charge in [0.2, 0.25) is 0 Å². The second-order valence-electron chi connectivity index (χ2n) is 4.43. The Bertz CT molecular complexity index is 486. The minimum Gasteiger partial charge on any atom is -0.394 e. The summed E-state index contributed by atoms with van der Waals surface area (Å²) < 4.78 is 5.54. The molecule has 4 N–H and O–H groups in total. The molecule has 1 saturated heterocycles. The van der Waals surface area contributed by atoms with E-state index in [1.807, 2.05) is 0 Å². The second-order valence-corrected chi connectivity index (χ2v) is 4.43. The highest BCUT2D eigenvalue weighted by atomic mass is 16.5. The summed E-state index contributed by atoms with van der Waals surface area (Å²) in [7, 11) is 0. The van der Waals surface area contributed by atoms with E-state index in [1.165, 1.54) is 12.6 Å². The second kappa shape index (κ2) is 4.02. The van der Waals surface area contributed by atoms with E-state index >= 15 is 0 Å². The van der Waals surface area contributed by atoms with Crippen LogP contribution in [-0.2, 0) is 4.74 Å². The lowest BCUT2D eigenvalue weighted by molar-refractivity contribution is -0.0333. The lowest BCUT2D eigenvalue weighted by Gasteiger charge is -2.31. The fourth-order valence-corrected chi connectivity index (χ4v) is 2.29. The van der Waals surface area contributed by atoms with Gasteiger partial charge in [0.15, 0.2) is 5.66 Å². The zero-order valence-electron chi connectivity index (χ0n) is 9.47. The molecule has 1 fully saturated rings. The van der Waals surface area contributed by atoms with Crippen LogP contribution < -0.4 is 5.73 Å². The van der Waals surface area contributed by atoms with Crippen LogP contribution in [0.2, 0.25) is 0 Å². The molecule has 0 radical (unpaired) electrons. The van der Waals surface area contributed by atoms with E-state index < -0.39 is 24.0 Å². The molecule has 0 amide bonds. The van der Waals surface area contributed by atoms with E-state index in [9.17, 15) is 5.11 Å². The minimum atomic E-state index is -1.21. The van der Waals surface area contributed by atoms with Crippen LogP contribution in [0, 0.1) is 0 Å². The van der Waals surface area contributed by atoms with Crippen molar-refractivity contribution in [3.05, 3.63) is 0 Å². The third kappa shape index (κ3) is 1.54. The van der Waals surface area contributed by atoms with E-state index in [1.54, 1.807) is 0 Å². The van der Waals surface area contributed by atoms with Gasteiger partial charge in [-0.25, -0.2) is 9.98 Å². The van der Waals surface area contributed by atoms with Gasteiger partial charge in [-0.2, -0.15) is 5.10 Å². The summed E-state index contributed by atoms with van der Waals surface area (Å²) in [5, 5.41) is 26.5. The number of aliphatic hydroxyl groups is 2. The maximum Gasteiger partial charge on any atom is 0.183 e. The van der Waals surface area contributed by atoms with Crippen LogP contribution in [0.5, 0.6) is 0 Å². The molecule has 96 valence electrons. The number of aliphatic hydroxyl groups excluding tert-OH is 2. The number of fused-ring (bicyclic) bond motifs is 1. The van der Waals surface area contributed by atoms with E-state index in [2.05, 4.69) is 20.2 Å². The molecule has 0 aromatic heterocycles. The third-order valence-electron chi connectivity index (χ3n) is 3.32. The molecule has 0 aliphatic carbocycles. The van der Waals surface area contributed by atoms with Crippen molar-refractivity contribution in [1.82, 2.24) is 0 Å². The van der Waals surface area contributed by atoms with Gasteiger partial charge in [0, 0.05) is 6.42 Å². The van der Waals surface area contributed by atoms with Crippen molar-refractivity contribution in [3.63, 3.8) is 0 Å². The summed E-state index contributed by atoms with van der Waals surface area (Å²) in [4.78, 5) is 8.14. The van der Waals surface area contributed by atoms with Crippen LogP contribution in [0.15, 0.2) is 20.2 Å². The largest absolute Gasteiger partial charge is 0.394 e. The van der Waals surface area contributed by atoms with E-state index in [4.69, 9.17) is 15.6 Å². The molecule has 3 rings (SSSR count). The first-order chi connectivity index (χ1) is 8.65. The summed E-state index contributed by atoms with van der Waals surface area (Å²) in [5.41, 5.74) is 6.00. The normalized spacial score (nSPS) is 41.8. The standard InChI is InChI=1S/C10H13N5O3/c11-10(8-1-6(17)7(3-16)18-8)9-5(2-14-15-9)12-4-13-10/h2,4,6-8,16-17H,1,3,11H2/t6-,7+,8+,10?/m0/s1. The van der Waals surface area contributed by atoms with Gasteiger partial charge < -0.3 is 14.9 Å². The Kier molecular flexibility index (Phi) is 2.59. The smallest absolute Gasteiger partial charge is 0.183 e.